The van der Waals surface area contributed by atoms with Gasteiger partial charge in [0.05, 0.1) is 5.41 Å². The van der Waals surface area contributed by atoms with Crippen molar-refractivity contribution in [2.45, 2.75) is 44.1 Å². The number of carbonyl (C=O) groups is 2. The van der Waals surface area contributed by atoms with Gasteiger partial charge in [-0.2, -0.15) is 0 Å². The number of carbonyl (C=O) groups excluding carboxylic acids is 1. The molecule has 1 atom stereocenters. The van der Waals surface area contributed by atoms with E-state index in [4.69, 9.17) is 11.5 Å². The molecule has 1 fully saturated rings. The summed E-state index contributed by atoms with van der Waals surface area (Å²) < 4.78 is 0. The van der Waals surface area contributed by atoms with Gasteiger partial charge in [0.1, 0.15) is 6.04 Å². The smallest absolute Gasteiger partial charge is 0.327 e. The minimum absolute atomic E-state index is 0.00896. The summed E-state index contributed by atoms with van der Waals surface area (Å²) >= 11 is 0. The second kappa shape index (κ2) is 6.01. The molecule has 0 aromatic heterocycles. The highest BCUT2D eigenvalue weighted by atomic mass is 16.4. The van der Waals surface area contributed by atoms with Crippen LogP contribution < -0.4 is 5.32 Å². The van der Waals surface area contributed by atoms with E-state index in [1.807, 2.05) is 31.2 Å². The Morgan fingerprint density at radius 2 is 2.19 bits per heavy atom. The number of rotatable bonds is 5. The van der Waals surface area contributed by atoms with Crippen LogP contribution in [-0.4, -0.2) is 23.0 Å². The molecule has 1 aliphatic carbocycles. The van der Waals surface area contributed by atoms with Crippen LogP contribution in [0.15, 0.2) is 24.3 Å². The molecule has 1 aromatic rings. The van der Waals surface area contributed by atoms with Gasteiger partial charge in [-0.3, -0.25) is 4.79 Å². The number of terminal acetylenes is 1. The molecular formula is C17H19NO3. The van der Waals surface area contributed by atoms with Crippen LogP contribution in [0.25, 0.3) is 0 Å². The van der Waals surface area contributed by atoms with Crippen LogP contribution >= 0.6 is 0 Å². The Labute approximate surface area is 124 Å². The lowest BCUT2D eigenvalue weighted by atomic mass is 9.63. The molecule has 0 bridgehead atoms. The summed E-state index contributed by atoms with van der Waals surface area (Å²) in [5.41, 5.74) is 1.44. The number of aryl methyl sites for hydroxylation is 1. The van der Waals surface area contributed by atoms with Gasteiger partial charge < -0.3 is 10.4 Å². The molecule has 4 heteroatoms. The zero-order valence-electron chi connectivity index (χ0n) is 12.1. The third-order valence-electron chi connectivity index (χ3n) is 4.14. The van der Waals surface area contributed by atoms with Crippen molar-refractivity contribution in [3.8, 4) is 12.3 Å². The van der Waals surface area contributed by atoms with Crippen LogP contribution in [0, 0.1) is 19.3 Å². The zero-order chi connectivity index (χ0) is 15.5. The fraction of sp³-hybridized carbons (Fsp3) is 0.412. The van der Waals surface area contributed by atoms with E-state index >= 15 is 0 Å². The molecule has 2 rings (SSSR count). The predicted molar refractivity (Wildman–Crippen MR) is 79.7 cm³/mol. The third-order valence-corrected chi connectivity index (χ3v) is 4.14. The molecule has 0 spiro atoms. The van der Waals surface area contributed by atoms with Crippen molar-refractivity contribution in [3.63, 3.8) is 0 Å². The average molecular weight is 285 g/mol. The zero-order valence-corrected chi connectivity index (χ0v) is 12.1. The van der Waals surface area contributed by atoms with E-state index in [1.165, 1.54) is 0 Å². The molecule has 0 aliphatic heterocycles. The first-order valence-corrected chi connectivity index (χ1v) is 7.04. The van der Waals surface area contributed by atoms with E-state index in [9.17, 15) is 9.59 Å². The number of hydrogen-bond acceptors (Lipinski definition) is 2. The highest BCUT2D eigenvalue weighted by Gasteiger charge is 2.46. The third kappa shape index (κ3) is 2.92. The number of hydrogen-bond donors (Lipinski definition) is 2. The molecule has 1 aromatic carbocycles. The lowest BCUT2D eigenvalue weighted by Crippen LogP contribution is -2.53. The quantitative estimate of drug-likeness (QED) is 0.813. The van der Waals surface area contributed by atoms with Crippen molar-refractivity contribution in [1.29, 1.82) is 0 Å². The number of carboxylic acid groups (broad SMARTS) is 1. The second-order valence-electron chi connectivity index (χ2n) is 5.58. The van der Waals surface area contributed by atoms with Gasteiger partial charge in [0, 0.05) is 6.42 Å². The minimum atomic E-state index is -1.10. The SMILES string of the molecule is C#CCC(NC(=O)C1(c2cccc(C)c2)CCC1)C(=O)O. The summed E-state index contributed by atoms with van der Waals surface area (Å²) in [6.07, 6.45) is 7.60. The first kappa shape index (κ1) is 15.1. The topological polar surface area (TPSA) is 66.4 Å². The molecule has 1 aliphatic rings. The van der Waals surface area contributed by atoms with E-state index in [2.05, 4.69) is 11.2 Å². The molecule has 21 heavy (non-hydrogen) atoms. The fourth-order valence-corrected chi connectivity index (χ4v) is 2.73. The highest BCUT2D eigenvalue weighted by molar-refractivity contribution is 5.92. The van der Waals surface area contributed by atoms with Crippen molar-refractivity contribution < 1.29 is 14.7 Å². The Morgan fingerprint density at radius 1 is 1.48 bits per heavy atom. The summed E-state index contributed by atoms with van der Waals surface area (Å²) in [7, 11) is 0. The average Bonchev–Trinajstić information content (AvgIpc) is 2.37. The molecule has 110 valence electrons. The number of nitrogens with one attached hydrogen (secondary N) is 1. The van der Waals surface area contributed by atoms with Crippen LogP contribution in [0.2, 0.25) is 0 Å². The van der Waals surface area contributed by atoms with Crippen LogP contribution in [0.4, 0.5) is 0 Å². The molecule has 2 N–H and O–H groups in total. The van der Waals surface area contributed by atoms with Gasteiger partial charge in [0.15, 0.2) is 0 Å². The molecule has 1 unspecified atom stereocenters. The van der Waals surface area contributed by atoms with E-state index in [-0.39, 0.29) is 12.3 Å². The van der Waals surface area contributed by atoms with Gasteiger partial charge in [0.2, 0.25) is 5.91 Å². The van der Waals surface area contributed by atoms with Crippen molar-refractivity contribution in [3.05, 3.63) is 35.4 Å². The number of carboxylic acids is 1. The summed E-state index contributed by atoms with van der Waals surface area (Å²) in [6.45, 7) is 1.98. The summed E-state index contributed by atoms with van der Waals surface area (Å²) in [6, 6.07) is 6.81. The number of amides is 1. The first-order chi connectivity index (χ1) is 9.99. The van der Waals surface area contributed by atoms with Crippen molar-refractivity contribution in [2.75, 3.05) is 0 Å². The van der Waals surface area contributed by atoms with Gasteiger partial charge >= 0.3 is 5.97 Å². The maximum atomic E-state index is 12.6. The Morgan fingerprint density at radius 3 is 2.67 bits per heavy atom. The fourth-order valence-electron chi connectivity index (χ4n) is 2.73. The van der Waals surface area contributed by atoms with E-state index in [0.717, 1.165) is 30.4 Å². The Kier molecular flexibility index (Phi) is 4.32. The summed E-state index contributed by atoms with van der Waals surface area (Å²) in [5, 5.41) is 11.7. The molecular weight excluding hydrogens is 266 g/mol. The van der Waals surface area contributed by atoms with Gasteiger partial charge in [0.25, 0.3) is 0 Å². The van der Waals surface area contributed by atoms with Crippen LogP contribution in [0.1, 0.15) is 36.8 Å². The number of benzene rings is 1. The van der Waals surface area contributed by atoms with Crippen molar-refractivity contribution >= 4 is 11.9 Å². The number of aliphatic carboxylic acids is 1. The van der Waals surface area contributed by atoms with Crippen LogP contribution in [-0.2, 0) is 15.0 Å². The molecule has 0 saturated heterocycles. The predicted octanol–water partition coefficient (Wildman–Crippen LogP) is 2.01. The lowest BCUT2D eigenvalue weighted by molar-refractivity contribution is -0.143. The molecule has 0 heterocycles. The second-order valence-corrected chi connectivity index (χ2v) is 5.58. The van der Waals surface area contributed by atoms with Gasteiger partial charge in [-0.15, -0.1) is 12.3 Å². The first-order valence-electron chi connectivity index (χ1n) is 7.04. The highest BCUT2D eigenvalue weighted by Crippen LogP contribution is 2.44. The monoisotopic (exact) mass is 285 g/mol. The maximum Gasteiger partial charge on any atom is 0.327 e. The van der Waals surface area contributed by atoms with Gasteiger partial charge in [-0.1, -0.05) is 36.2 Å². The Bertz CT molecular complexity index is 596. The summed E-state index contributed by atoms with van der Waals surface area (Å²) in [4.78, 5) is 23.7. The molecule has 4 nitrogen and oxygen atoms in total. The standard InChI is InChI=1S/C17H19NO3/c1-3-6-14(15(19)20)18-16(21)17(9-5-10-17)13-8-4-7-12(2)11-13/h1,4,7-8,11,14H,5-6,9-10H2,2H3,(H,18,21)(H,19,20). The normalized spacial score (nSPS) is 17.1. The van der Waals surface area contributed by atoms with Crippen LogP contribution in [0.5, 0.6) is 0 Å². The van der Waals surface area contributed by atoms with Crippen molar-refractivity contribution in [2.24, 2.45) is 0 Å². The van der Waals surface area contributed by atoms with Gasteiger partial charge in [-0.05, 0) is 25.3 Å². The molecule has 1 saturated carbocycles. The maximum absolute atomic E-state index is 12.6. The van der Waals surface area contributed by atoms with E-state index in [0.29, 0.717) is 0 Å². The van der Waals surface area contributed by atoms with Crippen molar-refractivity contribution in [1.82, 2.24) is 5.32 Å². The van der Waals surface area contributed by atoms with Gasteiger partial charge in [-0.25, -0.2) is 4.79 Å². The largest absolute Gasteiger partial charge is 0.480 e. The van der Waals surface area contributed by atoms with E-state index < -0.39 is 17.4 Å². The Hall–Kier alpha value is -2.28. The molecule has 1 amide bonds. The summed E-state index contributed by atoms with van der Waals surface area (Å²) in [5.74, 6) is 0.964. The molecule has 0 radical (unpaired) electrons. The lowest BCUT2D eigenvalue weighted by Gasteiger charge is -2.41. The Balaban J connectivity index is 2.23. The van der Waals surface area contributed by atoms with E-state index in [1.54, 1.807) is 0 Å². The minimum Gasteiger partial charge on any atom is -0.480 e. The van der Waals surface area contributed by atoms with Crippen LogP contribution in [0.3, 0.4) is 0 Å².